The minimum Gasteiger partial charge on any atom is -0.483 e. The third-order valence-corrected chi connectivity index (χ3v) is 4.15. The van der Waals surface area contributed by atoms with Gasteiger partial charge in [0.2, 0.25) is 0 Å². The van der Waals surface area contributed by atoms with Crippen LogP contribution in [0.2, 0.25) is 0 Å². The quantitative estimate of drug-likeness (QED) is 0.849. The summed E-state index contributed by atoms with van der Waals surface area (Å²) < 4.78 is 5.77. The summed E-state index contributed by atoms with van der Waals surface area (Å²) in [6.07, 6.45) is 5.81. The Morgan fingerprint density at radius 2 is 1.96 bits per heavy atom. The van der Waals surface area contributed by atoms with Crippen molar-refractivity contribution in [3.8, 4) is 5.75 Å². The monoisotopic (exact) mass is 325 g/mol. The van der Waals surface area contributed by atoms with E-state index in [9.17, 15) is 4.79 Å². The maximum absolute atomic E-state index is 12.1. The van der Waals surface area contributed by atoms with Gasteiger partial charge in [0, 0.05) is 44.1 Å². The molecule has 126 valence electrons. The second-order valence-electron chi connectivity index (χ2n) is 5.95. The Balaban J connectivity index is 1.51. The van der Waals surface area contributed by atoms with Gasteiger partial charge in [-0.25, -0.2) is 0 Å². The molecule has 5 nitrogen and oxygen atoms in total. The number of nitrogens with one attached hydrogen (secondary N) is 1. The molecule has 1 aliphatic heterocycles. The van der Waals surface area contributed by atoms with Crippen LogP contribution in [0.3, 0.4) is 0 Å². The molecule has 2 heterocycles. The Labute approximate surface area is 142 Å². The fourth-order valence-corrected chi connectivity index (χ4v) is 2.83. The number of benzene rings is 1. The van der Waals surface area contributed by atoms with Crippen LogP contribution >= 0.6 is 0 Å². The van der Waals surface area contributed by atoms with Gasteiger partial charge in [-0.3, -0.25) is 9.78 Å². The van der Waals surface area contributed by atoms with Gasteiger partial charge in [0.1, 0.15) is 5.75 Å². The van der Waals surface area contributed by atoms with Gasteiger partial charge in [-0.2, -0.15) is 0 Å². The molecule has 1 amide bonds. The summed E-state index contributed by atoms with van der Waals surface area (Å²) in [5, 5.41) is 3.39. The number of nitrogens with zero attached hydrogens (tertiary/aromatic N) is 2. The molecule has 0 spiro atoms. The fourth-order valence-electron chi connectivity index (χ4n) is 2.83. The maximum atomic E-state index is 12.1. The first-order valence-corrected chi connectivity index (χ1v) is 8.41. The van der Waals surface area contributed by atoms with Gasteiger partial charge in [0.15, 0.2) is 6.61 Å². The van der Waals surface area contributed by atoms with Crippen molar-refractivity contribution < 1.29 is 9.53 Å². The van der Waals surface area contributed by atoms with Crippen LogP contribution in [0.4, 0.5) is 0 Å². The summed E-state index contributed by atoms with van der Waals surface area (Å²) in [6.45, 7) is 3.25. The van der Waals surface area contributed by atoms with E-state index < -0.39 is 0 Å². The first kappa shape index (κ1) is 16.5. The van der Waals surface area contributed by atoms with Crippen molar-refractivity contribution in [3.63, 3.8) is 0 Å². The molecule has 1 saturated heterocycles. The smallest absolute Gasteiger partial charge is 0.260 e. The molecule has 1 N–H and O–H groups in total. The molecule has 3 rings (SSSR count). The van der Waals surface area contributed by atoms with Crippen LogP contribution in [-0.2, 0) is 17.9 Å². The number of hydrogen-bond acceptors (Lipinski definition) is 4. The molecular weight excluding hydrogens is 302 g/mol. The second kappa shape index (κ2) is 8.45. The normalized spacial score (nSPS) is 13.9. The highest BCUT2D eigenvalue weighted by molar-refractivity contribution is 5.78. The highest BCUT2D eigenvalue weighted by Crippen LogP contribution is 2.18. The predicted molar refractivity (Wildman–Crippen MR) is 92.5 cm³/mol. The molecule has 2 aromatic rings. The van der Waals surface area contributed by atoms with Crippen molar-refractivity contribution >= 4 is 5.91 Å². The van der Waals surface area contributed by atoms with E-state index in [0.29, 0.717) is 6.54 Å². The highest BCUT2D eigenvalue weighted by Gasteiger charge is 2.18. The third-order valence-electron chi connectivity index (χ3n) is 4.15. The molecule has 0 aliphatic carbocycles. The largest absolute Gasteiger partial charge is 0.483 e. The van der Waals surface area contributed by atoms with Crippen LogP contribution in [0.5, 0.6) is 5.75 Å². The van der Waals surface area contributed by atoms with Crippen LogP contribution in [0.1, 0.15) is 24.0 Å². The SMILES string of the molecule is O=C(COc1ccccc1CNCc1cccnc1)N1CCCC1. The second-order valence-corrected chi connectivity index (χ2v) is 5.95. The van der Waals surface area contributed by atoms with Gasteiger partial charge >= 0.3 is 0 Å². The number of para-hydroxylation sites is 1. The molecule has 0 unspecified atom stereocenters. The zero-order chi connectivity index (χ0) is 16.6. The molecule has 5 heteroatoms. The maximum Gasteiger partial charge on any atom is 0.260 e. The van der Waals surface area contributed by atoms with Gasteiger partial charge in [-0.05, 0) is 30.5 Å². The number of amides is 1. The zero-order valence-corrected chi connectivity index (χ0v) is 13.8. The molecular formula is C19H23N3O2. The van der Waals surface area contributed by atoms with Crippen LogP contribution in [0.15, 0.2) is 48.8 Å². The Bertz CT molecular complexity index is 655. The van der Waals surface area contributed by atoms with E-state index in [4.69, 9.17) is 4.74 Å². The predicted octanol–water partition coefficient (Wildman–Crippen LogP) is 2.37. The van der Waals surface area contributed by atoms with Gasteiger partial charge < -0.3 is 15.0 Å². The molecule has 1 aromatic heterocycles. The average molecular weight is 325 g/mol. The molecule has 0 atom stereocenters. The average Bonchev–Trinajstić information content (AvgIpc) is 3.16. The zero-order valence-electron chi connectivity index (χ0n) is 13.8. The van der Waals surface area contributed by atoms with Crippen LogP contribution in [0, 0.1) is 0 Å². The minimum absolute atomic E-state index is 0.0747. The molecule has 0 saturated carbocycles. The van der Waals surface area contributed by atoms with Crippen molar-refractivity contribution in [2.24, 2.45) is 0 Å². The molecule has 1 aliphatic rings. The molecule has 1 aromatic carbocycles. The standard InChI is InChI=1S/C19H23N3O2/c23-19(22-10-3-4-11-22)15-24-18-8-2-1-7-17(18)14-21-13-16-6-5-9-20-12-16/h1-2,5-9,12,21H,3-4,10-11,13-15H2. The summed E-state index contributed by atoms with van der Waals surface area (Å²) in [6, 6.07) is 11.8. The number of likely N-dealkylation sites (tertiary alicyclic amines) is 1. The van der Waals surface area contributed by atoms with E-state index in [1.807, 2.05) is 47.5 Å². The lowest BCUT2D eigenvalue weighted by Crippen LogP contribution is -2.32. The molecule has 0 radical (unpaired) electrons. The number of ether oxygens (including phenoxy) is 1. The highest BCUT2D eigenvalue weighted by atomic mass is 16.5. The topological polar surface area (TPSA) is 54.5 Å². The number of hydrogen-bond donors (Lipinski definition) is 1. The van der Waals surface area contributed by atoms with E-state index in [2.05, 4.69) is 10.3 Å². The van der Waals surface area contributed by atoms with E-state index in [0.717, 1.165) is 49.4 Å². The van der Waals surface area contributed by atoms with Gasteiger partial charge in [0.25, 0.3) is 5.91 Å². The van der Waals surface area contributed by atoms with Crippen LogP contribution in [0.25, 0.3) is 0 Å². The Morgan fingerprint density at radius 3 is 2.75 bits per heavy atom. The van der Waals surface area contributed by atoms with Crippen molar-refractivity contribution in [1.29, 1.82) is 0 Å². The van der Waals surface area contributed by atoms with Gasteiger partial charge in [-0.1, -0.05) is 24.3 Å². The first-order valence-electron chi connectivity index (χ1n) is 8.41. The Morgan fingerprint density at radius 1 is 1.12 bits per heavy atom. The van der Waals surface area contributed by atoms with Crippen LogP contribution < -0.4 is 10.1 Å². The first-order chi connectivity index (χ1) is 11.8. The van der Waals surface area contributed by atoms with E-state index in [-0.39, 0.29) is 12.5 Å². The summed E-state index contributed by atoms with van der Waals surface area (Å²) in [7, 11) is 0. The van der Waals surface area contributed by atoms with Crippen molar-refractivity contribution in [1.82, 2.24) is 15.2 Å². The van der Waals surface area contributed by atoms with Gasteiger partial charge in [0.05, 0.1) is 0 Å². The lowest BCUT2D eigenvalue weighted by molar-refractivity contribution is -0.132. The van der Waals surface area contributed by atoms with E-state index in [1.165, 1.54) is 0 Å². The van der Waals surface area contributed by atoms with Gasteiger partial charge in [-0.15, -0.1) is 0 Å². The van der Waals surface area contributed by atoms with E-state index >= 15 is 0 Å². The molecule has 1 fully saturated rings. The lowest BCUT2D eigenvalue weighted by atomic mass is 10.2. The van der Waals surface area contributed by atoms with E-state index in [1.54, 1.807) is 6.20 Å². The Kier molecular flexibility index (Phi) is 5.80. The third kappa shape index (κ3) is 4.55. The number of carbonyl (C=O) groups excluding carboxylic acids is 1. The summed E-state index contributed by atoms with van der Waals surface area (Å²) in [5.41, 5.74) is 2.19. The number of rotatable bonds is 7. The lowest BCUT2D eigenvalue weighted by Gasteiger charge is -2.17. The fraction of sp³-hybridized carbons (Fsp3) is 0.368. The number of aromatic nitrogens is 1. The number of pyridine rings is 1. The summed E-state index contributed by atoms with van der Waals surface area (Å²) >= 11 is 0. The van der Waals surface area contributed by atoms with Crippen molar-refractivity contribution in [3.05, 3.63) is 59.9 Å². The van der Waals surface area contributed by atoms with Crippen LogP contribution in [-0.4, -0.2) is 35.5 Å². The molecule has 0 bridgehead atoms. The van der Waals surface area contributed by atoms with Crippen molar-refractivity contribution in [2.75, 3.05) is 19.7 Å². The Hall–Kier alpha value is -2.40. The summed E-state index contributed by atoms with van der Waals surface area (Å²) in [4.78, 5) is 18.1. The van der Waals surface area contributed by atoms with Crippen molar-refractivity contribution in [2.45, 2.75) is 25.9 Å². The number of carbonyl (C=O) groups is 1. The summed E-state index contributed by atoms with van der Waals surface area (Å²) in [5.74, 6) is 0.842. The minimum atomic E-state index is 0.0747. The molecule has 24 heavy (non-hydrogen) atoms.